The molecule has 204 valence electrons. The molecule has 2 heterocycles. The van der Waals surface area contributed by atoms with Gasteiger partial charge in [0.15, 0.2) is 0 Å². The number of imidazole rings is 1. The van der Waals surface area contributed by atoms with Gasteiger partial charge in [0.1, 0.15) is 18.1 Å². The van der Waals surface area contributed by atoms with Gasteiger partial charge in [0.25, 0.3) is 0 Å². The fourth-order valence-corrected chi connectivity index (χ4v) is 5.30. The van der Waals surface area contributed by atoms with Crippen LogP contribution in [0.4, 0.5) is 9.18 Å². The molecule has 1 saturated heterocycles. The average molecular weight is 588 g/mol. The molecule has 1 aromatic heterocycles. The van der Waals surface area contributed by atoms with Crippen LogP contribution in [0.5, 0.6) is 0 Å². The molecule has 0 spiro atoms. The normalized spacial score (nSPS) is 16.9. The highest BCUT2D eigenvalue weighted by Gasteiger charge is 2.30. The molecule has 7 nitrogen and oxygen atoms in total. The number of alkyl carbamates (subject to hydrolysis) is 1. The van der Waals surface area contributed by atoms with Crippen molar-refractivity contribution in [2.45, 2.75) is 70.6 Å². The Morgan fingerprint density at radius 2 is 1.92 bits per heavy atom. The van der Waals surface area contributed by atoms with Crippen molar-refractivity contribution in [1.82, 2.24) is 19.8 Å². The lowest BCUT2D eigenvalue weighted by Gasteiger charge is -2.34. The summed E-state index contributed by atoms with van der Waals surface area (Å²) in [6.45, 7) is 6.37. The van der Waals surface area contributed by atoms with E-state index in [0.29, 0.717) is 19.5 Å². The van der Waals surface area contributed by atoms with E-state index in [0.717, 1.165) is 39.7 Å². The quantitative estimate of drug-likeness (QED) is 0.351. The first-order chi connectivity index (χ1) is 18.1. The van der Waals surface area contributed by atoms with Crippen LogP contribution in [0.1, 0.15) is 57.3 Å². The maximum Gasteiger partial charge on any atom is 0.407 e. The highest BCUT2D eigenvalue weighted by atomic mass is 79.9. The Morgan fingerprint density at radius 1 is 1.18 bits per heavy atom. The number of aryl methyl sites for hydroxylation is 1. The lowest BCUT2D eigenvalue weighted by atomic mass is 9.96. The van der Waals surface area contributed by atoms with Crippen LogP contribution in [-0.2, 0) is 22.5 Å². The van der Waals surface area contributed by atoms with Gasteiger partial charge in [-0.05, 0) is 69.9 Å². The second kappa shape index (κ2) is 12.3. The van der Waals surface area contributed by atoms with Crippen LogP contribution in [-0.4, -0.2) is 57.9 Å². The number of aromatic nitrogens is 2. The van der Waals surface area contributed by atoms with Gasteiger partial charge < -0.3 is 19.5 Å². The Hall–Kier alpha value is -2.94. The number of hydrogen-bond acceptors (Lipinski definition) is 4. The van der Waals surface area contributed by atoms with Gasteiger partial charge in [0.2, 0.25) is 5.91 Å². The van der Waals surface area contributed by atoms with Crippen molar-refractivity contribution < 1.29 is 18.7 Å². The number of rotatable bonds is 8. The lowest BCUT2D eigenvalue weighted by molar-refractivity contribution is -0.132. The number of halogens is 2. The first-order valence-corrected chi connectivity index (χ1v) is 13.9. The summed E-state index contributed by atoms with van der Waals surface area (Å²) in [4.78, 5) is 32.8. The minimum absolute atomic E-state index is 0.0235. The molecule has 38 heavy (non-hydrogen) atoms. The highest BCUT2D eigenvalue weighted by molar-refractivity contribution is 9.10. The zero-order valence-electron chi connectivity index (χ0n) is 22.3. The predicted molar refractivity (Wildman–Crippen MR) is 150 cm³/mol. The van der Waals surface area contributed by atoms with Crippen molar-refractivity contribution in [1.29, 1.82) is 0 Å². The summed E-state index contributed by atoms with van der Waals surface area (Å²) < 4.78 is 21.8. The molecule has 1 aliphatic rings. The summed E-state index contributed by atoms with van der Waals surface area (Å²) >= 11 is 3.45. The number of para-hydroxylation sites is 2. The number of ether oxygens (including phenoxy) is 1. The number of piperidine rings is 1. The second-order valence-electron chi connectivity index (χ2n) is 10.9. The molecule has 1 fully saturated rings. The van der Waals surface area contributed by atoms with E-state index in [1.807, 2.05) is 78.8 Å². The Kier molecular flexibility index (Phi) is 9.07. The molecular weight excluding hydrogens is 551 g/mol. The molecule has 0 unspecified atom stereocenters. The third-order valence-electron chi connectivity index (χ3n) is 6.67. The second-order valence-corrected chi connectivity index (χ2v) is 11.8. The van der Waals surface area contributed by atoms with Gasteiger partial charge in [-0.25, -0.2) is 14.2 Å². The largest absolute Gasteiger partial charge is 0.444 e. The number of carbonyl (C=O) groups excluding carboxylic acids is 2. The summed E-state index contributed by atoms with van der Waals surface area (Å²) in [5.74, 6) is 0.830. The number of alkyl halides is 1. The third kappa shape index (κ3) is 7.34. The molecule has 2 amide bonds. The van der Waals surface area contributed by atoms with Crippen LogP contribution in [0.25, 0.3) is 11.0 Å². The van der Waals surface area contributed by atoms with E-state index in [-0.39, 0.29) is 24.8 Å². The fraction of sp³-hybridized carbons (Fsp3) is 0.483. The van der Waals surface area contributed by atoms with Crippen LogP contribution < -0.4 is 5.32 Å². The highest BCUT2D eigenvalue weighted by Crippen LogP contribution is 2.30. The topological polar surface area (TPSA) is 76.5 Å². The summed E-state index contributed by atoms with van der Waals surface area (Å²) in [6, 6.07) is 15.2. The zero-order chi connectivity index (χ0) is 27.3. The predicted octanol–water partition coefficient (Wildman–Crippen LogP) is 6.00. The van der Waals surface area contributed by atoms with Crippen LogP contribution >= 0.6 is 15.9 Å². The van der Waals surface area contributed by atoms with Crippen molar-refractivity contribution >= 4 is 39.0 Å². The van der Waals surface area contributed by atoms with E-state index in [4.69, 9.17) is 9.72 Å². The average Bonchev–Trinajstić information content (AvgIpc) is 3.23. The monoisotopic (exact) mass is 586 g/mol. The molecule has 4 rings (SSSR count). The first kappa shape index (κ1) is 28.1. The minimum Gasteiger partial charge on any atom is -0.444 e. The smallest absolute Gasteiger partial charge is 0.407 e. The number of benzene rings is 2. The molecule has 0 bridgehead atoms. The van der Waals surface area contributed by atoms with E-state index in [9.17, 15) is 14.0 Å². The number of nitrogens with one attached hydrogen (secondary N) is 1. The number of hydrogen-bond donors (Lipinski definition) is 1. The summed E-state index contributed by atoms with van der Waals surface area (Å²) in [5.41, 5.74) is 2.13. The van der Waals surface area contributed by atoms with Crippen LogP contribution in [0, 0.1) is 0 Å². The van der Waals surface area contributed by atoms with E-state index in [2.05, 4.69) is 21.2 Å². The van der Waals surface area contributed by atoms with Gasteiger partial charge in [0, 0.05) is 35.9 Å². The number of amides is 2. The molecule has 0 aliphatic carbocycles. The van der Waals surface area contributed by atoms with Crippen LogP contribution in [0.15, 0.2) is 53.0 Å². The molecule has 1 N–H and O–H groups in total. The van der Waals surface area contributed by atoms with Crippen molar-refractivity contribution in [3.8, 4) is 0 Å². The van der Waals surface area contributed by atoms with E-state index >= 15 is 0 Å². The summed E-state index contributed by atoms with van der Waals surface area (Å²) in [5, 5.41) is 2.91. The molecule has 2 aromatic carbocycles. The van der Waals surface area contributed by atoms with Crippen molar-refractivity contribution in [2.24, 2.45) is 0 Å². The molecule has 0 saturated carbocycles. The summed E-state index contributed by atoms with van der Waals surface area (Å²) in [6.07, 6.45) is 1.85. The molecule has 0 radical (unpaired) electrons. The van der Waals surface area contributed by atoms with E-state index in [1.54, 1.807) is 0 Å². The van der Waals surface area contributed by atoms with Crippen LogP contribution in [0.2, 0.25) is 0 Å². The van der Waals surface area contributed by atoms with Gasteiger partial charge in [-0.2, -0.15) is 0 Å². The Balaban J connectivity index is 1.49. The van der Waals surface area contributed by atoms with Crippen LogP contribution in [0.3, 0.4) is 0 Å². The number of nitrogens with zero attached hydrogens (tertiary/aromatic N) is 3. The third-order valence-corrected chi connectivity index (χ3v) is 7.20. The molecular formula is C29H36BrFN4O3. The van der Waals surface area contributed by atoms with Gasteiger partial charge in [-0.3, -0.25) is 4.79 Å². The maximum atomic E-state index is 13.5. The first-order valence-electron chi connectivity index (χ1n) is 13.2. The van der Waals surface area contributed by atoms with Gasteiger partial charge in [-0.1, -0.05) is 40.2 Å². The van der Waals surface area contributed by atoms with Gasteiger partial charge in [-0.15, -0.1) is 0 Å². The maximum absolute atomic E-state index is 13.5. The van der Waals surface area contributed by atoms with Gasteiger partial charge in [0.05, 0.1) is 17.6 Å². The van der Waals surface area contributed by atoms with Crippen molar-refractivity contribution in [2.75, 3.05) is 19.8 Å². The minimum atomic E-state index is -0.637. The summed E-state index contributed by atoms with van der Waals surface area (Å²) in [7, 11) is 0. The molecule has 3 aromatic rings. The Morgan fingerprint density at radius 3 is 2.63 bits per heavy atom. The zero-order valence-corrected chi connectivity index (χ0v) is 23.8. The lowest BCUT2D eigenvalue weighted by Crippen LogP contribution is -2.46. The Labute approximate surface area is 231 Å². The SMILES string of the molecule is CC(C)(C)OC(=O)N[C@@H](CC(=O)N1CCC[C@@H](c2nc3ccccc3n2CCF)C1)Cc1ccc(Br)cc1. The van der Waals surface area contributed by atoms with E-state index in [1.165, 1.54) is 0 Å². The molecule has 9 heteroatoms. The fourth-order valence-electron chi connectivity index (χ4n) is 5.03. The number of likely N-dealkylation sites (tertiary alicyclic amines) is 1. The van der Waals surface area contributed by atoms with Gasteiger partial charge >= 0.3 is 6.09 Å². The standard InChI is InChI=1S/C29H36BrFN4O3/c1-29(2,3)38-28(37)32-23(17-20-10-12-22(30)13-11-20)18-26(36)34-15-6-7-21(19-34)27-33-24-8-4-5-9-25(24)35(27)16-14-31/h4-5,8-13,21,23H,6-7,14-19H2,1-3H3,(H,32,37)/t21-,23-/m1/s1. The number of carbonyl (C=O) groups is 2. The molecule has 1 aliphatic heterocycles. The number of fused-ring (bicyclic) bond motifs is 1. The van der Waals surface area contributed by atoms with Crippen molar-refractivity contribution in [3.05, 3.63) is 64.4 Å². The Bertz CT molecular complexity index is 1250. The van der Waals surface area contributed by atoms with E-state index < -0.39 is 24.4 Å². The van der Waals surface area contributed by atoms with Crippen molar-refractivity contribution in [3.63, 3.8) is 0 Å². The molecule has 2 atom stereocenters.